The Kier molecular flexibility index (Phi) is 8.67. The van der Waals surface area contributed by atoms with Gasteiger partial charge in [0.1, 0.15) is 0 Å². The lowest BCUT2D eigenvalue weighted by Gasteiger charge is -2.54. The maximum Gasteiger partial charge on any atom is 0.191 e. The van der Waals surface area contributed by atoms with Crippen LogP contribution in [0.25, 0.3) is 0 Å². The molecule has 0 amide bonds. The third kappa shape index (κ3) is 4.67. The molecule has 2 aliphatic rings. The number of methoxy groups -OCH3 is 1. The molecule has 0 aromatic heterocycles. The van der Waals surface area contributed by atoms with E-state index in [1.54, 1.807) is 13.2 Å². The van der Waals surface area contributed by atoms with E-state index in [-0.39, 0.29) is 35.1 Å². The fraction of sp³-hybridized carbons (Fsp3) is 0.667. The third-order valence-corrected chi connectivity index (χ3v) is 6.05. The van der Waals surface area contributed by atoms with Crippen LogP contribution in [0.15, 0.2) is 23.2 Å². The molecule has 0 aliphatic heterocycles. The molecule has 158 valence electrons. The van der Waals surface area contributed by atoms with Crippen molar-refractivity contribution >= 4 is 29.9 Å². The van der Waals surface area contributed by atoms with E-state index in [9.17, 15) is 5.11 Å². The van der Waals surface area contributed by atoms with Crippen molar-refractivity contribution in [1.82, 2.24) is 10.6 Å². The van der Waals surface area contributed by atoms with Crippen molar-refractivity contribution in [2.24, 2.45) is 10.4 Å². The molecule has 6 nitrogen and oxygen atoms in total. The van der Waals surface area contributed by atoms with E-state index in [1.165, 1.54) is 25.7 Å². The highest BCUT2D eigenvalue weighted by Gasteiger charge is 2.56. The largest absolute Gasteiger partial charge is 0.504 e. The Morgan fingerprint density at radius 2 is 2.04 bits per heavy atom. The molecule has 2 unspecified atom stereocenters. The van der Waals surface area contributed by atoms with Crippen LogP contribution in [-0.2, 0) is 11.3 Å². The molecule has 3 rings (SSSR count). The highest BCUT2D eigenvalue weighted by atomic mass is 127. The van der Waals surface area contributed by atoms with Crippen molar-refractivity contribution in [3.05, 3.63) is 23.8 Å². The Bertz CT molecular complexity index is 662. The number of phenolic OH excluding ortho intramolecular Hbond substituents is 1. The molecule has 1 aromatic carbocycles. The Hall–Kier alpha value is -1.22. The summed E-state index contributed by atoms with van der Waals surface area (Å²) in [4.78, 5) is 4.71. The molecule has 1 aromatic rings. The summed E-state index contributed by atoms with van der Waals surface area (Å²) in [5.74, 6) is 1.43. The second-order valence-corrected chi connectivity index (χ2v) is 7.48. The first kappa shape index (κ1) is 23.1. The van der Waals surface area contributed by atoms with Crippen molar-refractivity contribution in [3.63, 3.8) is 0 Å². The number of phenols is 1. The molecule has 2 fully saturated rings. The van der Waals surface area contributed by atoms with Gasteiger partial charge in [-0.25, -0.2) is 4.99 Å². The molecular weight excluding hydrogens is 469 g/mol. The van der Waals surface area contributed by atoms with Gasteiger partial charge in [0.05, 0.1) is 19.8 Å². The van der Waals surface area contributed by atoms with Crippen LogP contribution in [0.1, 0.15) is 51.5 Å². The third-order valence-electron chi connectivity index (χ3n) is 6.05. The molecule has 2 saturated carbocycles. The number of halogens is 1. The second-order valence-electron chi connectivity index (χ2n) is 7.48. The lowest BCUT2D eigenvalue weighted by Crippen LogP contribution is -2.65. The van der Waals surface area contributed by atoms with Gasteiger partial charge in [0.15, 0.2) is 17.5 Å². The van der Waals surface area contributed by atoms with Gasteiger partial charge in [-0.2, -0.15) is 0 Å². The van der Waals surface area contributed by atoms with Crippen molar-refractivity contribution in [1.29, 1.82) is 0 Å². The van der Waals surface area contributed by atoms with Crippen LogP contribution in [0.2, 0.25) is 0 Å². The van der Waals surface area contributed by atoms with Gasteiger partial charge in [-0.15, -0.1) is 24.0 Å². The maximum absolute atomic E-state index is 10.3. The summed E-state index contributed by atoms with van der Waals surface area (Å²) >= 11 is 0. The molecule has 0 heterocycles. The molecule has 28 heavy (non-hydrogen) atoms. The van der Waals surface area contributed by atoms with Crippen LogP contribution in [0.4, 0.5) is 0 Å². The number of nitrogens with one attached hydrogen (secondary N) is 2. The Labute approximate surface area is 185 Å². The van der Waals surface area contributed by atoms with Gasteiger partial charge in [0.25, 0.3) is 0 Å². The predicted molar refractivity (Wildman–Crippen MR) is 123 cm³/mol. The van der Waals surface area contributed by atoms with E-state index in [0.29, 0.717) is 24.4 Å². The zero-order valence-corrected chi connectivity index (χ0v) is 19.5. The molecule has 2 aliphatic carbocycles. The summed E-state index contributed by atoms with van der Waals surface area (Å²) in [7, 11) is 1.56. The Morgan fingerprint density at radius 1 is 1.29 bits per heavy atom. The summed E-state index contributed by atoms with van der Waals surface area (Å²) in [6, 6.07) is 5.89. The molecule has 3 N–H and O–H groups in total. The zero-order chi connectivity index (χ0) is 19.3. The van der Waals surface area contributed by atoms with Crippen LogP contribution >= 0.6 is 24.0 Å². The Morgan fingerprint density at radius 3 is 2.68 bits per heavy atom. The number of rotatable bonds is 7. The quantitative estimate of drug-likeness (QED) is 0.300. The van der Waals surface area contributed by atoms with Gasteiger partial charge in [-0.05, 0) is 39.2 Å². The topological polar surface area (TPSA) is 75.1 Å². The minimum absolute atomic E-state index is 0. The summed E-state index contributed by atoms with van der Waals surface area (Å²) in [6.07, 6.45) is 6.42. The van der Waals surface area contributed by atoms with E-state index >= 15 is 0 Å². The monoisotopic (exact) mass is 503 g/mol. The van der Waals surface area contributed by atoms with E-state index in [1.807, 2.05) is 12.1 Å². The predicted octanol–water partition coefficient (Wildman–Crippen LogP) is 3.81. The number of aliphatic imine (C=N–C) groups is 1. The number of hydrogen-bond donors (Lipinski definition) is 3. The molecule has 2 atom stereocenters. The van der Waals surface area contributed by atoms with E-state index < -0.39 is 0 Å². The average Bonchev–Trinajstić information content (AvgIpc) is 3.19. The fourth-order valence-corrected chi connectivity index (χ4v) is 4.60. The number of para-hydroxylation sites is 1. The number of benzene rings is 1. The van der Waals surface area contributed by atoms with Crippen molar-refractivity contribution < 1.29 is 14.6 Å². The maximum atomic E-state index is 10.3. The number of ether oxygens (including phenoxy) is 2. The van der Waals surface area contributed by atoms with Crippen molar-refractivity contribution in [2.45, 2.75) is 64.6 Å². The summed E-state index contributed by atoms with van der Waals surface area (Å²) < 4.78 is 11.2. The molecule has 0 radical (unpaired) electrons. The second kappa shape index (κ2) is 10.5. The fourth-order valence-electron chi connectivity index (χ4n) is 4.60. The van der Waals surface area contributed by atoms with Gasteiger partial charge in [0.2, 0.25) is 0 Å². The smallest absolute Gasteiger partial charge is 0.191 e. The Balaban J connectivity index is 0.00000280. The minimum Gasteiger partial charge on any atom is -0.504 e. The van der Waals surface area contributed by atoms with Crippen LogP contribution in [0.3, 0.4) is 0 Å². The lowest BCUT2D eigenvalue weighted by atomic mass is 9.60. The standard InChI is InChI=1S/C21H33N3O3.HI/c1-4-22-20(23-14-15-9-8-10-16(26-3)19(15)25)24-17-13-18(27-5-2)21(17)11-6-7-12-21;/h8-10,17-18,25H,4-7,11-14H2,1-3H3,(H2,22,23,24);1H. The number of hydrogen-bond acceptors (Lipinski definition) is 4. The van der Waals surface area contributed by atoms with Gasteiger partial charge in [-0.1, -0.05) is 25.0 Å². The van der Waals surface area contributed by atoms with E-state index in [2.05, 4.69) is 24.5 Å². The van der Waals surface area contributed by atoms with Crippen molar-refractivity contribution in [2.75, 3.05) is 20.3 Å². The first-order valence-corrected chi connectivity index (χ1v) is 10.2. The highest BCUT2D eigenvalue weighted by molar-refractivity contribution is 14.0. The average molecular weight is 503 g/mol. The summed E-state index contributed by atoms with van der Waals surface area (Å²) in [5, 5.41) is 17.3. The van der Waals surface area contributed by atoms with Crippen molar-refractivity contribution in [3.8, 4) is 11.5 Å². The van der Waals surface area contributed by atoms with Crippen LogP contribution in [0, 0.1) is 5.41 Å². The molecule has 0 saturated heterocycles. The SMILES string of the molecule is CCNC(=NCc1cccc(OC)c1O)NC1CC(OCC)C12CCCC2.I. The van der Waals surface area contributed by atoms with Gasteiger partial charge < -0.3 is 25.2 Å². The highest BCUT2D eigenvalue weighted by Crippen LogP contribution is 2.54. The lowest BCUT2D eigenvalue weighted by molar-refractivity contribution is -0.125. The van der Waals surface area contributed by atoms with Gasteiger partial charge in [-0.3, -0.25) is 0 Å². The van der Waals surface area contributed by atoms with Crippen LogP contribution in [0.5, 0.6) is 11.5 Å². The van der Waals surface area contributed by atoms with Gasteiger partial charge in [0, 0.05) is 30.2 Å². The van der Waals surface area contributed by atoms with Gasteiger partial charge >= 0.3 is 0 Å². The first-order valence-electron chi connectivity index (χ1n) is 10.2. The number of guanidine groups is 1. The number of aromatic hydroxyl groups is 1. The van der Waals surface area contributed by atoms with Crippen LogP contribution < -0.4 is 15.4 Å². The molecular formula is C21H34IN3O3. The van der Waals surface area contributed by atoms with Crippen LogP contribution in [-0.4, -0.2) is 43.5 Å². The zero-order valence-electron chi connectivity index (χ0n) is 17.2. The number of nitrogens with zero attached hydrogens (tertiary/aromatic N) is 1. The minimum atomic E-state index is 0. The first-order chi connectivity index (χ1) is 13.1. The summed E-state index contributed by atoms with van der Waals surface area (Å²) in [6.45, 7) is 6.12. The van der Waals surface area contributed by atoms with E-state index in [0.717, 1.165) is 31.1 Å². The molecule has 7 heteroatoms. The van der Waals surface area contributed by atoms with E-state index in [4.69, 9.17) is 14.5 Å². The normalized spacial score (nSPS) is 23.0. The molecule has 1 spiro atoms. The summed E-state index contributed by atoms with van der Waals surface area (Å²) in [5.41, 5.74) is 1.01. The molecule has 0 bridgehead atoms.